The van der Waals surface area contributed by atoms with Gasteiger partial charge in [0, 0.05) is 13.5 Å². The third-order valence-electron chi connectivity index (χ3n) is 4.34. The second-order valence-electron chi connectivity index (χ2n) is 7.82. The van der Waals surface area contributed by atoms with Crippen molar-refractivity contribution in [2.45, 2.75) is 50.4 Å². The summed E-state index contributed by atoms with van der Waals surface area (Å²) in [7, 11) is 1.83. The van der Waals surface area contributed by atoms with Crippen molar-refractivity contribution in [2.75, 3.05) is 11.1 Å². The first-order chi connectivity index (χ1) is 12.1. The Morgan fingerprint density at radius 1 is 1.50 bits per heavy atom. The lowest BCUT2D eigenvalue weighted by Gasteiger charge is -2.38. The van der Waals surface area contributed by atoms with Crippen molar-refractivity contribution < 1.29 is 10.1 Å². The van der Waals surface area contributed by atoms with Gasteiger partial charge in [-0.3, -0.25) is 4.79 Å². The largest absolute Gasteiger partial charge is 0.333 e. The monoisotopic (exact) mass is 391 g/mol. The lowest BCUT2D eigenvalue weighted by atomic mass is 9.81. The standard InChI is InChI=1S/C17H22N6OS2/c1-16(2)6-10-11(7-18)14(26-13(10)17(3,4)22-16)20-12(24)8-25-15-21-19-9-23(15)5/h9,22H,6,8H2,1-5H3,(H,20,24)/p+1. The van der Waals surface area contributed by atoms with Gasteiger partial charge in [0.25, 0.3) is 0 Å². The molecule has 3 N–H and O–H groups in total. The summed E-state index contributed by atoms with van der Waals surface area (Å²) < 4.78 is 1.77. The number of hydrogen-bond donors (Lipinski definition) is 2. The second-order valence-corrected chi connectivity index (χ2v) is 9.78. The number of nitriles is 1. The third kappa shape index (κ3) is 3.63. The molecule has 0 aliphatic carbocycles. The zero-order chi connectivity index (χ0) is 19.1. The summed E-state index contributed by atoms with van der Waals surface area (Å²) in [4.78, 5) is 13.6. The van der Waals surface area contributed by atoms with Crippen molar-refractivity contribution in [3.8, 4) is 6.07 Å². The molecule has 3 rings (SSSR count). The van der Waals surface area contributed by atoms with Crippen molar-refractivity contribution in [1.29, 1.82) is 5.26 Å². The van der Waals surface area contributed by atoms with E-state index < -0.39 is 0 Å². The maximum absolute atomic E-state index is 12.4. The number of nitrogens with one attached hydrogen (secondary N) is 1. The van der Waals surface area contributed by atoms with Crippen LogP contribution in [0.25, 0.3) is 0 Å². The first kappa shape index (κ1) is 18.9. The van der Waals surface area contributed by atoms with Crippen molar-refractivity contribution in [3.63, 3.8) is 0 Å². The molecule has 0 saturated heterocycles. The molecule has 2 aromatic rings. The minimum Gasteiger partial charge on any atom is -0.333 e. The second kappa shape index (κ2) is 6.68. The number of hydrogen-bond acceptors (Lipinski definition) is 6. The number of rotatable bonds is 4. The van der Waals surface area contributed by atoms with E-state index in [1.165, 1.54) is 28.0 Å². The fourth-order valence-corrected chi connectivity index (χ4v) is 5.55. The van der Waals surface area contributed by atoms with Crippen molar-refractivity contribution >= 4 is 34.0 Å². The van der Waals surface area contributed by atoms with E-state index in [0.717, 1.165) is 12.0 Å². The van der Waals surface area contributed by atoms with Gasteiger partial charge in [-0.2, -0.15) is 5.26 Å². The zero-order valence-electron chi connectivity index (χ0n) is 15.6. The Kier molecular flexibility index (Phi) is 4.86. The Morgan fingerprint density at radius 2 is 2.23 bits per heavy atom. The molecule has 0 spiro atoms. The first-order valence-corrected chi connectivity index (χ1v) is 10.1. The SMILES string of the molecule is Cn1cnnc1SCC(=O)Nc1sc2c(c1C#N)CC(C)(C)[NH2+]C2(C)C. The van der Waals surface area contributed by atoms with Crippen LogP contribution in [-0.4, -0.2) is 32.0 Å². The Labute approximate surface area is 161 Å². The van der Waals surface area contributed by atoms with Crippen LogP contribution in [0.5, 0.6) is 0 Å². The van der Waals surface area contributed by atoms with Gasteiger partial charge in [-0.25, -0.2) is 0 Å². The molecule has 7 nitrogen and oxygen atoms in total. The molecule has 0 saturated carbocycles. The smallest absolute Gasteiger partial charge is 0.235 e. The number of thiophene rings is 1. The van der Waals surface area contributed by atoms with Crippen LogP contribution in [0.1, 0.15) is 43.7 Å². The number of nitrogens with two attached hydrogens (primary N) is 1. The van der Waals surface area contributed by atoms with E-state index in [4.69, 9.17) is 0 Å². The van der Waals surface area contributed by atoms with Gasteiger partial charge in [-0.05, 0) is 33.3 Å². The van der Waals surface area contributed by atoms with Gasteiger partial charge < -0.3 is 15.2 Å². The van der Waals surface area contributed by atoms with Crippen molar-refractivity contribution in [2.24, 2.45) is 7.05 Å². The van der Waals surface area contributed by atoms with Crippen LogP contribution in [-0.2, 0) is 23.8 Å². The molecule has 0 radical (unpaired) electrons. The van der Waals surface area contributed by atoms with Crippen LogP contribution in [0.15, 0.2) is 11.5 Å². The van der Waals surface area contributed by atoms with Gasteiger partial charge in [0.05, 0.1) is 21.7 Å². The minimum absolute atomic E-state index is 0.0194. The normalized spacial score (nSPS) is 17.4. The molecule has 0 atom stereocenters. The highest BCUT2D eigenvalue weighted by molar-refractivity contribution is 7.99. The van der Waals surface area contributed by atoms with Crippen LogP contribution >= 0.6 is 23.1 Å². The molecule has 9 heteroatoms. The summed E-state index contributed by atoms with van der Waals surface area (Å²) in [5, 5.41) is 24.1. The van der Waals surface area contributed by atoms with E-state index in [2.05, 4.69) is 54.6 Å². The maximum atomic E-state index is 12.4. The Morgan fingerprint density at radius 3 is 2.85 bits per heavy atom. The fourth-order valence-electron chi connectivity index (χ4n) is 3.61. The molecule has 3 heterocycles. The van der Waals surface area contributed by atoms with Crippen LogP contribution in [0.4, 0.5) is 5.00 Å². The number of carbonyl (C=O) groups is 1. The number of nitrogens with zero attached hydrogens (tertiary/aromatic N) is 4. The van der Waals surface area contributed by atoms with Crippen molar-refractivity contribution in [1.82, 2.24) is 14.8 Å². The van der Waals surface area contributed by atoms with E-state index in [1.54, 1.807) is 10.9 Å². The number of carbonyl (C=O) groups excluding carboxylic acids is 1. The first-order valence-electron chi connectivity index (χ1n) is 8.33. The van der Waals surface area contributed by atoms with E-state index in [-0.39, 0.29) is 22.7 Å². The number of fused-ring (bicyclic) bond motifs is 1. The van der Waals surface area contributed by atoms with Crippen LogP contribution < -0.4 is 10.6 Å². The highest BCUT2D eigenvalue weighted by Crippen LogP contribution is 2.41. The summed E-state index contributed by atoms with van der Waals surface area (Å²) in [6.45, 7) is 8.71. The third-order valence-corrected chi connectivity index (χ3v) is 6.86. The predicted molar refractivity (Wildman–Crippen MR) is 102 cm³/mol. The van der Waals surface area contributed by atoms with Gasteiger partial charge in [0.2, 0.25) is 5.91 Å². The Balaban J connectivity index is 1.81. The molecule has 1 aliphatic rings. The number of anilines is 1. The van der Waals surface area contributed by atoms with Crippen molar-refractivity contribution in [3.05, 3.63) is 22.3 Å². The fraction of sp³-hybridized carbons (Fsp3) is 0.529. The van der Waals surface area contributed by atoms with Crippen LogP contribution in [0.2, 0.25) is 0 Å². The lowest BCUT2D eigenvalue weighted by molar-refractivity contribution is -0.789. The number of amides is 1. The topological polar surface area (TPSA) is 100 Å². The summed E-state index contributed by atoms with van der Waals surface area (Å²) in [6, 6.07) is 2.31. The number of aromatic nitrogens is 3. The van der Waals surface area contributed by atoms with Gasteiger partial charge >= 0.3 is 0 Å². The molecular weight excluding hydrogens is 368 g/mol. The Bertz CT molecular complexity index is 890. The molecule has 2 aromatic heterocycles. The summed E-state index contributed by atoms with van der Waals surface area (Å²) in [6.07, 6.45) is 2.41. The zero-order valence-corrected chi connectivity index (χ0v) is 17.2. The van der Waals surface area contributed by atoms with Gasteiger partial charge in [0.1, 0.15) is 22.9 Å². The van der Waals surface area contributed by atoms with Gasteiger partial charge in [-0.15, -0.1) is 21.5 Å². The lowest BCUT2D eigenvalue weighted by Crippen LogP contribution is -3.03. The Hall–Kier alpha value is -1.89. The molecule has 0 bridgehead atoms. The van der Waals surface area contributed by atoms with Crippen LogP contribution in [0.3, 0.4) is 0 Å². The van der Waals surface area contributed by atoms with Gasteiger partial charge in [0.15, 0.2) is 5.16 Å². The van der Waals surface area contributed by atoms with Gasteiger partial charge in [-0.1, -0.05) is 11.8 Å². The number of quaternary nitrogens is 1. The summed E-state index contributed by atoms with van der Waals surface area (Å²) in [5.74, 6) is 0.0789. The molecular formula is C17H23N6OS2+. The number of thioether (sulfide) groups is 1. The molecule has 1 amide bonds. The highest BCUT2D eigenvalue weighted by Gasteiger charge is 2.44. The predicted octanol–water partition coefficient (Wildman–Crippen LogP) is 1.61. The van der Waals surface area contributed by atoms with E-state index >= 15 is 0 Å². The molecule has 0 unspecified atom stereocenters. The molecule has 26 heavy (non-hydrogen) atoms. The van der Waals surface area contributed by atoms with Crippen LogP contribution in [0, 0.1) is 11.3 Å². The molecule has 0 aromatic carbocycles. The molecule has 0 fully saturated rings. The average molecular weight is 392 g/mol. The highest BCUT2D eigenvalue weighted by atomic mass is 32.2. The summed E-state index contributed by atoms with van der Waals surface area (Å²) >= 11 is 2.84. The summed E-state index contributed by atoms with van der Waals surface area (Å²) in [5.41, 5.74) is 1.58. The molecule has 1 aliphatic heterocycles. The maximum Gasteiger partial charge on any atom is 0.235 e. The molecule has 138 valence electrons. The van der Waals surface area contributed by atoms with E-state index in [0.29, 0.717) is 15.7 Å². The minimum atomic E-state index is -0.144. The van der Waals surface area contributed by atoms with E-state index in [1.807, 2.05) is 7.05 Å². The average Bonchev–Trinajstić information content (AvgIpc) is 3.07. The quantitative estimate of drug-likeness (QED) is 0.771. The van der Waals surface area contributed by atoms with E-state index in [9.17, 15) is 10.1 Å². The number of aryl methyl sites for hydroxylation is 1.